The Morgan fingerprint density at radius 3 is 2.39 bits per heavy atom. The predicted octanol–water partition coefficient (Wildman–Crippen LogP) is 6.11. The zero-order chi connectivity index (χ0) is 25.9. The lowest BCUT2D eigenvalue weighted by Gasteiger charge is -2.37. The van der Waals surface area contributed by atoms with E-state index in [4.69, 9.17) is 0 Å². The summed E-state index contributed by atoms with van der Waals surface area (Å²) in [6, 6.07) is 13.9. The second-order valence-corrected chi connectivity index (χ2v) is 9.00. The van der Waals surface area contributed by atoms with Crippen LogP contribution in [0.25, 0.3) is 0 Å². The number of hydrogen-bond donors (Lipinski definition) is 0. The van der Waals surface area contributed by atoms with Gasteiger partial charge in [-0.25, -0.2) is 4.39 Å². The molecular formula is C27H28F4N4O. The first-order valence-electron chi connectivity index (χ1n) is 12.0. The maximum absolute atomic E-state index is 15.2. The van der Waals surface area contributed by atoms with Crippen molar-refractivity contribution >= 4 is 23.0 Å². The van der Waals surface area contributed by atoms with Crippen molar-refractivity contribution in [1.82, 2.24) is 4.90 Å². The van der Waals surface area contributed by atoms with Gasteiger partial charge in [0.25, 0.3) is 0 Å². The van der Waals surface area contributed by atoms with Crippen LogP contribution in [0.3, 0.4) is 0 Å². The summed E-state index contributed by atoms with van der Waals surface area (Å²) >= 11 is 0. The first-order chi connectivity index (χ1) is 17.2. The van der Waals surface area contributed by atoms with Crippen LogP contribution in [0.4, 0.5) is 23.2 Å². The van der Waals surface area contributed by atoms with Gasteiger partial charge in [0.05, 0.1) is 12.3 Å². The quantitative estimate of drug-likeness (QED) is 0.431. The third-order valence-electron chi connectivity index (χ3n) is 6.70. The standard InChI is InChI=1S/C27H28F4N4O/c1-3-26(36)34-13-11-19(12-14-34)18(2)35(22-7-5-4-6-8-22)17-21-10-9-20(15-23(21)28)24-16-25(33-32-24)27(29,30)31/h4-10,15,19H,2-3,11-14,16-17H2,1H3. The van der Waals surface area contributed by atoms with E-state index in [1.165, 1.54) is 6.07 Å². The molecule has 0 bridgehead atoms. The van der Waals surface area contributed by atoms with Gasteiger partial charge >= 0.3 is 6.18 Å². The zero-order valence-electron chi connectivity index (χ0n) is 20.1. The van der Waals surface area contributed by atoms with Crippen molar-refractivity contribution in [3.63, 3.8) is 0 Å². The second kappa shape index (κ2) is 10.6. The van der Waals surface area contributed by atoms with Gasteiger partial charge in [-0.05, 0) is 31.0 Å². The first kappa shape index (κ1) is 25.6. The van der Waals surface area contributed by atoms with Gasteiger partial charge in [0, 0.05) is 54.4 Å². The van der Waals surface area contributed by atoms with Crippen LogP contribution in [0.1, 0.15) is 43.7 Å². The number of halogens is 4. The molecule has 2 aliphatic heterocycles. The molecule has 0 radical (unpaired) electrons. The summed E-state index contributed by atoms with van der Waals surface area (Å²) in [5, 5.41) is 6.83. The minimum Gasteiger partial charge on any atom is -0.343 e. The molecule has 190 valence electrons. The molecule has 0 saturated carbocycles. The van der Waals surface area contributed by atoms with Crippen molar-refractivity contribution in [1.29, 1.82) is 0 Å². The number of nitrogens with zero attached hydrogens (tertiary/aromatic N) is 4. The summed E-state index contributed by atoms with van der Waals surface area (Å²) in [7, 11) is 0. The van der Waals surface area contributed by atoms with Crippen molar-refractivity contribution in [2.24, 2.45) is 16.1 Å². The number of para-hydroxylation sites is 1. The molecule has 4 rings (SSSR count). The molecule has 0 atom stereocenters. The van der Waals surface area contributed by atoms with Crippen molar-refractivity contribution in [3.05, 3.63) is 77.8 Å². The van der Waals surface area contributed by atoms with Crippen molar-refractivity contribution in [2.45, 2.75) is 45.3 Å². The number of allylic oxidation sites excluding steroid dienone is 1. The highest BCUT2D eigenvalue weighted by atomic mass is 19.4. The number of hydrogen-bond acceptors (Lipinski definition) is 4. The third-order valence-corrected chi connectivity index (χ3v) is 6.70. The van der Waals surface area contributed by atoms with E-state index >= 15 is 4.39 Å². The molecule has 1 fully saturated rings. The highest BCUT2D eigenvalue weighted by Crippen LogP contribution is 2.32. The Balaban J connectivity index is 1.51. The highest BCUT2D eigenvalue weighted by molar-refractivity contribution is 6.16. The molecule has 1 amide bonds. The van der Waals surface area contributed by atoms with E-state index in [-0.39, 0.29) is 29.6 Å². The number of carbonyl (C=O) groups is 1. The summed E-state index contributed by atoms with van der Waals surface area (Å²) in [6.45, 7) is 7.72. The van der Waals surface area contributed by atoms with E-state index in [2.05, 4.69) is 16.8 Å². The molecule has 2 heterocycles. The van der Waals surface area contributed by atoms with Crippen LogP contribution in [0.2, 0.25) is 0 Å². The first-order valence-corrected chi connectivity index (χ1v) is 12.0. The normalized spacial score (nSPS) is 16.5. The minimum absolute atomic E-state index is 0.0884. The number of carbonyl (C=O) groups excluding carboxylic acids is 1. The fraction of sp³-hybridized carbons (Fsp3) is 0.370. The number of amides is 1. The van der Waals surface area contributed by atoms with Gasteiger partial charge in [0.15, 0.2) is 0 Å². The average molecular weight is 501 g/mol. The fourth-order valence-electron chi connectivity index (χ4n) is 4.56. The Hall–Kier alpha value is -3.49. The molecular weight excluding hydrogens is 472 g/mol. The maximum Gasteiger partial charge on any atom is 0.431 e. The van der Waals surface area contributed by atoms with E-state index in [1.807, 2.05) is 47.1 Å². The molecule has 0 unspecified atom stereocenters. The van der Waals surface area contributed by atoms with E-state index in [0.717, 1.165) is 24.2 Å². The van der Waals surface area contributed by atoms with Gasteiger partial charge in [-0.15, -0.1) is 5.10 Å². The molecule has 2 aromatic rings. The SMILES string of the molecule is C=C(C1CCN(C(=O)CC)CC1)N(Cc1ccc(C2=NN=C(C(F)(F)F)C2)cc1F)c1ccccc1. The Morgan fingerprint density at radius 1 is 1.11 bits per heavy atom. The number of benzene rings is 2. The number of piperidine rings is 1. The number of anilines is 1. The molecule has 5 nitrogen and oxygen atoms in total. The van der Waals surface area contributed by atoms with Crippen LogP contribution < -0.4 is 4.90 Å². The summed E-state index contributed by atoms with van der Waals surface area (Å²) in [6.07, 6.45) is -3.00. The van der Waals surface area contributed by atoms with Crippen molar-refractivity contribution in [3.8, 4) is 0 Å². The Labute approximate surface area is 207 Å². The van der Waals surface area contributed by atoms with Crippen LogP contribution in [-0.2, 0) is 11.3 Å². The van der Waals surface area contributed by atoms with Crippen molar-refractivity contribution in [2.75, 3.05) is 18.0 Å². The molecule has 2 aliphatic rings. The van der Waals surface area contributed by atoms with E-state index < -0.39 is 24.1 Å². The van der Waals surface area contributed by atoms with Crippen LogP contribution in [0.5, 0.6) is 0 Å². The summed E-state index contributed by atoms with van der Waals surface area (Å²) in [4.78, 5) is 15.9. The van der Waals surface area contributed by atoms with Gasteiger partial charge in [-0.2, -0.15) is 18.3 Å². The second-order valence-electron chi connectivity index (χ2n) is 9.00. The van der Waals surface area contributed by atoms with Crippen LogP contribution in [0.15, 0.2) is 71.0 Å². The lowest BCUT2D eigenvalue weighted by atomic mass is 9.92. The van der Waals surface area contributed by atoms with E-state index in [0.29, 0.717) is 25.1 Å². The molecule has 0 N–H and O–H groups in total. The number of alkyl halides is 3. The monoisotopic (exact) mass is 500 g/mol. The topological polar surface area (TPSA) is 48.3 Å². The molecule has 0 aliphatic carbocycles. The van der Waals surface area contributed by atoms with Gasteiger partial charge in [0.1, 0.15) is 11.5 Å². The fourth-order valence-corrected chi connectivity index (χ4v) is 4.56. The molecule has 2 aromatic carbocycles. The minimum atomic E-state index is -4.56. The van der Waals surface area contributed by atoms with Gasteiger partial charge in [-0.3, -0.25) is 4.79 Å². The zero-order valence-corrected chi connectivity index (χ0v) is 20.1. The molecule has 1 saturated heterocycles. The number of likely N-dealkylation sites (tertiary alicyclic amines) is 1. The van der Waals surface area contributed by atoms with E-state index in [9.17, 15) is 18.0 Å². The molecule has 0 aromatic heterocycles. The van der Waals surface area contributed by atoms with Gasteiger partial charge in [0.2, 0.25) is 5.91 Å². The summed E-state index contributed by atoms with van der Waals surface area (Å²) < 4.78 is 53.9. The molecule has 36 heavy (non-hydrogen) atoms. The summed E-state index contributed by atoms with van der Waals surface area (Å²) in [5.74, 6) is -0.257. The van der Waals surface area contributed by atoms with Crippen LogP contribution >= 0.6 is 0 Å². The number of rotatable bonds is 7. The average Bonchev–Trinajstić information content (AvgIpc) is 3.39. The Morgan fingerprint density at radius 2 is 1.81 bits per heavy atom. The third kappa shape index (κ3) is 5.66. The van der Waals surface area contributed by atoms with E-state index in [1.54, 1.807) is 12.1 Å². The highest BCUT2D eigenvalue weighted by Gasteiger charge is 2.39. The smallest absolute Gasteiger partial charge is 0.343 e. The van der Waals surface area contributed by atoms with Gasteiger partial charge in [-0.1, -0.05) is 43.8 Å². The predicted molar refractivity (Wildman–Crippen MR) is 132 cm³/mol. The van der Waals surface area contributed by atoms with Crippen LogP contribution in [0, 0.1) is 11.7 Å². The molecule has 0 spiro atoms. The lowest BCUT2D eigenvalue weighted by molar-refractivity contribution is -0.132. The lowest BCUT2D eigenvalue weighted by Crippen LogP contribution is -2.40. The molecule has 9 heteroatoms. The summed E-state index contributed by atoms with van der Waals surface area (Å²) in [5.41, 5.74) is 1.47. The largest absolute Gasteiger partial charge is 0.431 e. The van der Waals surface area contributed by atoms with Gasteiger partial charge < -0.3 is 9.80 Å². The maximum atomic E-state index is 15.2. The van der Waals surface area contributed by atoms with Crippen molar-refractivity contribution < 1.29 is 22.4 Å². The Bertz CT molecular complexity index is 1180. The van der Waals surface area contributed by atoms with Crippen LogP contribution in [-0.4, -0.2) is 41.5 Å². The Kier molecular flexibility index (Phi) is 7.56.